The first-order valence-electron chi connectivity index (χ1n) is 5.67. The summed E-state index contributed by atoms with van der Waals surface area (Å²) in [5, 5.41) is 3.38. The molecule has 0 aliphatic heterocycles. The van der Waals surface area contributed by atoms with Crippen molar-refractivity contribution >= 4 is 33.2 Å². The van der Waals surface area contributed by atoms with Crippen LogP contribution in [0.1, 0.15) is 5.56 Å². The number of nitrogen functional groups attached to an aromatic ring is 1. The summed E-state index contributed by atoms with van der Waals surface area (Å²) in [7, 11) is -3.18. The van der Waals surface area contributed by atoms with Crippen molar-refractivity contribution in [3.05, 3.63) is 41.0 Å². The van der Waals surface area contributed by atoms with Gasteiger partial charge < -0.3 is 11.1 Å². The highest BCUT2D eigenvalue weighted by molar-refractivity contribution is 7.90. The lowest BCUT2D eigenvalue weighted by Crippen LogP contribution is -2.05. The second kappa shape index (κ2) is 5.64. The van der Waals surface area contributed by atoms with Crippen LogP contribution in [0.5, 0.6) is 0 Å². The SMILES string of the molecule is CS(=O)(=O)c1ccc(CNc2nc(N)ncc2Cl)cc1. The van der Waals surface area contributed by atoms with E-state index in [4.69, 9.17) is 17.3 Å². The van der Waals surface area contributed by atoms with Crippen LogP contribution in [0.3, 0.4) is 0 Å². The van der Waals surface area contributed by atoms with Crippen molar-refractivity contribution in [2.24, 2.45) is 0 Å². The fourth-order valence-corrected chi connectivity index (χ4v) is 2.33. The Labute approximate surface area is 121 Å². The zero-order chi connectivity index (χ0) is 14.8. The molecule has 0 aliphatic rings. The van der Waals surface area contributed by atoms with Crippen LogP contribution in [0.25, 0.3) is 0 Å². The van der Waals surface area contributed by atoms with E-state index in [1.54, 1.807) is 24.3 Å². The molecule has 106 valence electrons. The molecule has 0 unspecified atom stereocenters. The number of sulfone groups is 1. The number of nitrogens with two attached hydrogens (primary N) is 1. The average Bonchev–Trinajstić information content (AvgIpc) is 2.39. The zero-order valence-corrected chi connectivity index (χ0v) is 12.2. The highest BCUT2D eigenvalue weighted by Gasteiger charge is 2.07. The van der Waals surface area contributed by atoms with Crippen LogP contribution in [0.4, 0.5) is 11.8 Å². The number of anilines is 2. The van der Waals surface area contributed by atoms with Gasteiger partial charge in [0.1, 0.15) is 5.02 Å². The van der Waals surface area contributed by atoms with Crippen LogP contribution in [0.2, 0.25) is 5.02 Å². The Kier molecular flexibility index (Phi) is 4.10. The molecule has 6 nitrogen and oxygen atoms in total. The largest absolute Gasteiger partial charge is 0.368 e. The van der Waals surface area contributed by atoms with Gasteiger partial charge >= 0.3 is 0 Å². The maximum absolute atomic E-state index is 11.3. The van der Waals surface area contributed by atoms with E-state index in [1.807, 2.05) is 0 Å². The molecule has 0 fully saturated rings. The predicted molar refractivity (Wildman–Crippen MR) is 78.3 cm³/mol. The first-order chi connectivity index (χ1) is 9.36. The van der Waals surface area contributed by atoms with Gasteiger partial charge in [-0.05, 0) is 17.7 Å². The highest BCUT2D eigenvalue weighted by Crippen LogP contribution is 2.19. The molecule has 0 saturated heterocycles. The average molecular weight is 313 g/mol. The van der Waals surface area contributed by atoms with Gasteiger partial charge in [0.2, 0.25) is 5.95 Å². The van der Waals surface area contributed by atoms with Gasteiger partial charge in [-0.3, -0.25) is 0 Å². The number of benzene rings is 1. The summed E-state index contributed by atoms with van der Waals surface area (Å²) in [5.41, 5.74) is 6.37. The van der Waals surface area contributed by atoms with Crippen molar-refractivity contribution in [2.45, 2.75) is 11.4 Å². The van der Waals surface area contributed by atoms with E-state index < -0.39 is 9.84 Å². The van der Waals surface area contributed by atoms with Crippen LogP contribution < -0.4 is 11.1 Å². The summed E-state index contributed by atoms with van der Waals surface area (Å²) < 4.78 is 22.7. The molecule has 20 heavy (non-hydrogen) atoms. The van der Waals surface area contributed by atoms with E-state index in [0.29, 0.717) is 17.4 Å². The molecule has 2 rings (SSSR count). The minimum Gasteiger partial charge on any atom is -0.368 e. The van der Waals surface area contributed by atoms with Crippen LogP contribution in [-0.4, -0.2) is 24.6 Å². The minimum atomic E-state index is -3.18. The van der Waals surface area contributed by atoms with Crippen molar-refractivity contribution in [1.29, 1.82) is 0 Å². The van der Waals surface area contributed by atoms with Gasteiger partial charge in [0.25, 0.3) is 0 Å². The van der Waals surface area contributed by atoms with Crippen LogP contribution in [-0.2, 0) is 16.4 Å². The third-order valence-corrected chi connectivity index (χ3v) is 3.98. The summed E-state index contributed by atoms with van der Waals surface area (Å²) in [6.07, 6.45) is 2.59. The maximum atomic E-state index is 11.3. The van der Waals surface area contributed by atoms with Crippen LogP contribution >= 0.6 is 11.6 Å². The van der Waals surface area contributed by atoms with E-state index in [0.717, 1.165) is 5.56 Å². The molecule has 0 spiro atoms. The van der Waals surface area contributed by atoms with Gasteiger partial charge in [0, 0.05) is 12.8 Å². The molecule has 0 saturated carbocycles. The van der Waals surface area contributed by atoms with Gasteiger partial charge in [0.05, 0.1) is 11.1 Å². The number of aromatic nitrogens is 2. The Balaban J connectivity index is 2.10. The molecule has 0 radical (unpaired) electrons. The molecule has 1 aromatic carbocycles. The standard InChI is InChI=1S/C12H13ClN4O2S/c1-20(18,19)9-4-2-8(3-5-9)6-15-11-10(13)7-16-12(14)17-11/h2-5,7H,6H2,1H3,(H3,14,15,16,17). The first kappa shape index (κ1) is 14.5. The second-order valence-electron chi connectivity index (χ2n) is 4.19. The summed E-state index contributed by atoms with van der Waals surface area (Å²) in [6, 6.07) is 6.56. The third-order valence-electron chi connectivity index (χ3n) is 2.57. The monoisotopic (exact) mass is 312 g/mol. The normalized spacial score (nSPS) is 11.3. The Morgan fingerprint density at radius 1 is 1.30 bits per heavy atom. The number of halogens is 1. The van der Waals surface area contributed by atoms with E-state index in [-0.39, 0.29) is 10.8 Å². The smallest absolute Gasteiger partial charge is 0.222 e. The quantitative estimate of drug-likeness (QED) is 0.892. The summed E-state index contributed by atoms with van der Waals surface area (Å²) in [4.78, 5) is 8.02. The lowest BCUT2D eigenvalue weighted by molar-refractivity contribution is 0.602. The topological polar surface area (TPSA) is 98.0 Å². The van der Waals surface area contributed by atoms with Crippen molar-refractivity contribution < 1.29 is 8.42 Å². The molecule has 2 aromatic rings. The Hall–Kier alpha value is -1.86. The van der Waals surface area contributed by atoms with Crippen LogP contribution in [0.15, 0.2) is 35.4 Å². The van der Waals surface area contributed by atoms with E-state index in [2.05, 4.69) is 15.3 Å². The number of hydrogen-bond donors (Lipinski definition) is 2. The van der Waals surface area contributed by atoms with Gasteiger partial charge in [0.15, 0.2) is 15.7 Å². The molecule has 0 atom stereocenters. The zero-order valence-electron chi connectivity index (χ0n) is 10.7. The molecular weight excluding hydrogens is 300 g/mol. The van der Waals surface area contributed by atoms with Gasteiger partial charge in [-0.2, -0.15) is 4.98 Å². The molecule has 0 amide bonds. The Morgan fingerprint density at radius 3 is 2.55 bits per heavy atom. The Morgan fingerprint density at radius 2 is 1.95 bits per heavy atom. The maximum Gasteiger partial charge on any atom is 0.222 e. The predicted octanol–water partition coefficient (Wildman–Crippen LogP) is 1.73. The molecule has 1 aromatic heterocycles. The summed E-state index contributed by atoms with van der Waals surface area (Å²) in [5.74, 6) is 0.565. The van der Waals surface area contributed by atoms with Crippen molar-refractivity contribution in [2.75, 3.05) is 17.3 Å². The second-order valence-corrected chi connectivity index (χ2v) is 6.62. The van der Waals surface area contributed by atoms with Gasteiger partial charge in [-0.15, -0.1) is 0 Å². The lowest BCUT2D eigenvalue weighted by Gasteiger charge is -2.08. The van der Waals surface area contributed by atoms with Crippen LogP contribution in [0, 0.1) is 0 Å². The van der Waals surface area contributed by atoms with Gasteiger partial charge in [-0.25, -0.2) is 13.4 Å². The number of nitrogens with zero attached hydrogens (tertiary/aromatic N) is 2. The van der Waals surface area contributed by atoms with E-state index >= 15 is 0 Å². The Bertz CT molecular complexity index is 717. The number of rotatable bonds is 4. The van der Waals surface area contributed by atoms with E-state index in [1.165, 1.54) is 12.5 Å². The molecule has 0 bridgehead atoms. The fraction of sp³-hybridized carbons (Fsp3) is 0.167. The van der Waals surface area contributed by atoms with Crippen molar-refractivity contribution in [3.63, 3.8) is 0 Å². The molecule has 3 N–H and O–H groups in total. The van der Waals surface area contributed by atoms with E-state index in [9.17, 15) is 8.42 Å². The fourth-order valence-electron chi connectivity index (χ4n) is 1.55. The highest BCUT2D eigenvalue weighted by atomic mass is 35.5. The summed E-state index contributed by atoms with van der Waals surface area (Å²) in [6.45, 7) is 0.445. The molecule has 8 heteroatoms. The third kappa shape index (κ3) is 3.58. The molecule has 1 heterocycles. The minimum absolute atomic E-state index is 0.129. The molecule has 0 aliphatic carbocycles. The van der Waals surface area contributed by atoms with Gasteiger partial charge in [-0.1, -0.05) is 23.7 Å². The first-order valence-corrected chi connectivity index (χ1v) is 7.94. The number of nitrogens with one attached hydrogen (secondary N) is 1. The number of hydrogen-bond acceptors (Lipinski definition) is 6. The van der Waals surface area contributed by atoms with Crippen molar-refractivity contribution in [3.8, 4) is 0 Å². The summed E-state index contributed by atoms with van der Waals surface area (Å²) >= 11 is 5.93. The van der Waals surface area contributed by atoms with Crippen molar-refractivity contribution in [1.82, 2.24) is 9.97 Å². The lowest BCUT2D eigenvalue weighted by atomic mass is 10.2. The molecular formula is C12H13ClN4O2S.